The SMILES string of the molecule is Cc1ccc(C(=O)COC(=O)C(c2ccccc2)c2ccccc2)c(C)c1. The lowest BCUT2D eigenvalue weighted by molar-refractivity contribution is -0.143. The second kappa shape index (κ2) is 8.45. The molecule has 0 atom stereocenters. The third-order valence-electron chi connectivity index (χ3n) is 4.53. The fourth-order valence-corrected chi connectivity index (χ4v) is 3.18. The lowest BCUT2D eigenvalue weighted by Gasteiger charge is -2.17. The number of benzene rings is 3. The van der Waals surface area contributed by atoms with Crippen LogP contribution in [-0.4, -0.2) is 18.4 Å². The minimum absolute atomic E-state index is 0.194. The van der Waals surface area contributed by atoms with Crippen molar-refractivity contribution >= 4 is 11.8 Å². The van der Waals surface area contributed by atoms with E-state index in [2.05, 4.69) is 0 Å². The number of hydrogen-bond acceptors (Lipinski definition) is 3. The molecule has 0 amide bonds. The summed E-state index contributed by atoms with van der Waals surface area (Å²) in [5.74, 6) is -1.18. The summed E-state index contributed by atoms with van der Waals surface area (Å²) in [5, 5.41) is 0. The molecular formula is C24H22O3. The third-order valence-corrected chi connectivity index (χ3v) is 4.53. The molecule has 3 rings (SSSR count). The second-order valence-corrected chi connectivity index (χ2v) is 6.60. The van der Waals surface area contributed by atoms with Crippen LogP contribution >= 0.6 is 0 Å². The topological polar surface area (TPSA) is 43.4 Å². The molecule has 0 saturated carbocycles. The van der Waals surface area contributed by atoms with Crippen LogP contribution in [0.1, 0.15) is 38.5 Å². The first-order valence-corrected chi connectivity index (χ1v) is 8.93. The van der Waals surface area contributed by atoms with Crippen LogP contribution in [0.3, 0.4) is 0 Å². The van der Waals surface area contributed by atoms with Crippen molar-refractivity contribution in [3.8, 4) is 0 Å². The fourth-order valence-electron chi connectivity index (χ4n) is 3.18. The van der Waals surface area contributed by atoms with Gasteiger partial charge in [0.05, 0.1) is 0 Å². The first-order chi connectivity index (χ1) is 13.1. The van der Waals surface area contributed by atoms with Gasteiger partial charge >= 0.3 is 5.97 Å². The predicted molar refractivity (Wildman–Crippen MR) is 106 cm³/mol. The molecule has 3 aromatic carbocycles. The van der Waals surface area contributed by atoms with E-state index >= 15 is 0 Å². The van der Waals surface area contributed by atoms with E-state index in [9.17, 15) is 9.59 Å². The van der Waals surface area contributed by atoms with E-state index in [4.69, 9.17) is 4.74 Å². The summed E-state index contributed by atoms with van der Waals surface area (Å²) in [6, 6.07) is 24.6. The average Bonchev–Trinajstić information content (AvgIpc) is 2.68. The Bertz CT molecular complexity index is 891. The highest BCUT2D eigenvalue weighted by molar-refractivity contribution is 5.99. The molecule has 0 fully saturated rings. The van der Waals surface area contributed by atoms with Crippen LogP contribution in [0.5, 0.6) is 0 Å². The molecule has 0 saturated heterocycles. The molecule has 0 aliphatic rings. The summed E-state index contributed by atoms with van der Waals surface area (Å²) < 4.78 is 5.43. The van der Waals surface area contributed by atoms with Gasteiger partial charge < -0.3 is 4.74 Å². The predicted octanol–water partition coefficient (Wildman–Crippen LogP) is 4.86. The summed E-state index contributed by atoms with van der Waals surface area (Å²) in [5.41, 5.74) is 4.25. The van der Waals surface area contributed by atoms with Gasteiger partial charge in [0.1, 0.15) is 5.92 Å². The highest BCUT2D eigenvalue weighted by atomic mass is 16.5. The number of ketones is 1. The van der Waals surface area contributed by atoms with Gasteiger partial charge in [0.15, 0.2) is 6.61 Å². The van der Waals surface area contributed by atoms with E-state index in [1.807, 2.05) is 86.6 Å². The van der Waals surface area contributed by atoms with E-state index in [-0.39, 0.29) is 12.4 Å². The van der Waals surface area contributed by atoms with Crippen molar-refractivity contribution in [3.63, 3.8) is 0 Å². The maximum absolute atomic E-state index is 12.8. The van der Waals surface area contributed by atoms with Crippen LogP contribution in [0.2, 0.25) is 0 Å². The van der Waals surface area contributed by atoms with Crippen LogP contribution in [-0.2, 0) is 9.53 Å². The molecule has 0 aromatic heterocycles. The van der Waals surface area contributed by atoms with Crippen molar-refractivity contribution in [1.29, 1.82) is 0 Å². The molecule has 0 N–H and O–H groups in total. The molecule has 0 spiro atoms. The highest BCUT2D eigenvalue weighted by Crippen LogP contribution is 2.26. The van der Waals surface area contributed by atoms with Gasteiger partial charge in [-0.1, -0.05) is 84.4 Å². The highest BCUT2D eigenvalue weighted by Gasteiger charge is 2.25. The minimum Gasteiger partial charge on any atom is -0.457 e. The van der Waals surface area contributed by atoms with Gasteiger partial charge in [0.2, 0.25) is 5.78 Å². The summed E-state index contributed by atoms with van der Waals surface area (Å²) in [7, 11) is 0. The molecular weight excluding hydrogens is 336 g/mol. The Labute approximate surface area is 159 Å². The Kier molecular flexibility index (Phi) is 5.82. The normalized spacial score (nSPS) is 10.6. The van der Waals surface area contributed by atoms with Crippen LogP contribution in [0.25, 0.3) is 0 Å². The summed E-state index contributed by atoms with van der Waals surface area (Å²) >= 11 is 0. The lowest BCUT2D eigenvalue weighted by atomic mass is 9.91. The van der Waals surface area contributed by atoms with Crippen molar-refractivity contribution in [2.45, 2.75) is 19.8 Å². The maximum atomic E-state index is 12.8. The Balaban J connectivity index is 1.78. The summed E-state index contributed by atoms with van der Waals surface area (Å²) in [6.45, 7) is 3.60. The van der Waals surface area contributed by atoms with Crippen LogP contribution in [0.15, 0.2) is 78.9 Å². The number of ether oxygens (including phenoxy) is 1. The van der Waals surface area contributed by atoms with E-state index in [1.54, 1.807) is 6.07 Å². The zero-order valence-corrected chi connectivity index (χ0v) is 15.5. The monoisotopic (exact) mass is 358 g/mol. The van der Waals surface area contributed by atoms with Gasteiger partial charge in [-0.15, -0.1) is 0 Å². The van der Waals surface area contributed by atoms with Crippen LogP contribution < -0.4 is 0 Å². The average molecular weight is 358 g/mol. The quantitative estimate of drug-likeness (QED) is 0.467. The smallest absolute Gasteiger partial charge is 0.318 e. The number of carbonyl (C=O) groups excluding carboxylic acids is 2. The molecule has 0 bridgehead atoms. The third kappa shape index (κ3) is 4.50. The largest absolute Gasteiger partial charge is 0.457 e. The number of aryl methyl sites for hydroxylation is 2. The molecule has 0 aliphatic heterocycles. The zero-order valence-electron chi connectivity index (χ0n) is 15.5. The molecule has 0 aliphatic carbocycles. The van der Waals surface area contributed by atoms with Crippen molar-refractivity contribution in [1.82, 2.24) is 0 Å². The standard InChI is InChI=1S/C24H22O3/c1-17-13-14-21(18(2)15-17)22(25)16-27-24(26)23(19-9-5-3-6-10-19)20-11-7-4-8-12-20/h3-15,23H,16H2,1-2H3. The first kappa shape index (κ1) is 18.6. The molecule has 3 heteroatoms. The molecule has 27 heavy (non-hydrogen) atoms. The van der Waals surface area contributed by atoms with Gasteiger partial charge in [0.25, 0.3) is 0 Å². The molecule has 0 unspecified atom stereocenters. The molecule has 0 heterocycles. The molecule has 3 nitrogen and oxygen atoms in total. The number of rotatable bonds is 6. The Morgan fingerprint density at radius 2 is 1.37 bits per heavy atom. The van der Waals surface area contributed by atoms with Gasteiger partial charge in [-0.25, -0.2) is 0 Å². The number of esters is 1. The number of carbonyl (C=O) groups is 2. The van der Waals surface area contributed by atoms with Crippen molar-refractivity contribution in [2.24, 2.45) is 0 Å². The van der Waals surface area contributed by atoms with E-state index in [1.165, 1.54) is 0 Å². The minimum atomic E-state index is -0.556. The Hall–Kier alpha value is -3.20. The first-order valence-electron chi connectivity index (χ1n) is 8.93. The summed E-state index contributed by atoms with van der Waals surface area (Å²) in [4.78, 5) is 25.3. The van der Waals surface area contributed by atoms with Crippen molar-refractivity contribution < 1.29 is 14.3 Å². The number of hydrogen-bond donors (Lipinski definition) is 0. The molecule has 0 radical (unpaired) electrons. The maximum Gasteiger partial charge on any atom is 0.318 e. The second-order valence-electron chi connectivity index (χ2n) is 6.60. The fraction of sp³-hybridized carbons (Fsp3) is 0.167. The van der Waals surface area contributed by atoms with Crippen LogP contribution in [0, 0.1) is 13.8 Å². The van der Waals surface area contributed by atoms with E-state index < -0.39 is 11.9 Å². The molecule has 3 aromatic rings. The summed E-state index contributed by atoms with van der Waals surface area (Å²) in [6.07, 6.45) is 0. The van der Waals surface area contributed by atoms with Crippen LogP contribution in [0.4, 0.5) is 0 Å². The zero-order chi connectivity index (χ0) is 19.2. The number of Topliss-reactive ketones (excluding diaryl/α,β-unsaturated/α-hetero) is 1. The van der Waals surface area contributed by atoms with Gasteiger partial charge in [-0.2, -0.15) is 0 Å². The van der Waals surface area contributed by atoms with Gasteiger partial charge in [0, 0.05) is 5.56 Å². The van der Waals surface area contributed by atoms with Crippen molar-refractivity contribution in [2.75, 3.05) is 6.61 Å². The molecule has 136 valence electrons. The van der Waals surface area contributed by atoms with E-state index in [0.29, 0.717) is 5.56 Å². The lowest BCUT2D eigenvalue weighted by Crippen LogP contribution is -2.21. The van der Waals surface area contributed by atoms with Crippen molar-refractivity contribution in [3.05, 3.63) is 107 Å². The van der Waals surface area contributed by atoms with Gasteiger partial charge in [-0.3, -0.25) is 9.59 Å². The Morgan fingerprint density at radius 3 is 1.89 bits per heavy atom. The van der Waals surface area contributed by atoms with E-state index in [0.717, 1.165) is 22.3 Å². The Morgan fingerprint density at radius 1 is 0.815 bits per heavy atom. The van der Waals surface area contributed by atoms with Gasteiger partial charge in [-0.05, 0) is 30.5 Å².